The van der Waals surface area contributed by atoms with Crippen LogP contribution in [0.4, 0.5) is 0 Å². The Kier molecular flexibility index (Phi) is 6.64. The van der Waals surface area contributed by atoms with Crippen LogP contribution < -0.4 is 10.4 Å². The zero-order valence-corrected chi connectivity index (χ0v) is 19.4. The maximum Gasteiger partial charge on any atom is 0.333 e. The van der Waals surface area contributed by atoms with Crippen molar-refractivity contribution in [3.63, 3.8) is 0 Å². The zero-order valence-electron chi connectivity index (χ0n) is 19.4. The number of pyridine rings is 1. The van der Waals surface area contributed by atoms with Gasteiger partial charge in [-0.1, -0.05) is 0 Å². The summed E-state index contributed by atoms with van der Waals surface area (Å²) in [5.74, 6) is 0.658. The van der Waals surface area contributed by atoms with Crippen molar-refractivity contribution in [2.45, 2.75) is 76.0 Å². The maximum atomic E-state index is 13.1. The summed E-state index contributed by atoms with van der Waals surface area (Å²) in [5, 5.41) is 0. The first kappa shape index (κ1) is 21.7. The van der Waals surface area contributed by atoms with E-state index in [-0.39, 0.29) is 5.69 Å². The maximum absolute atomic E-state index is 13.1. The van der Waals surface area contributed by atoms with E-state index >= 15 is 0 Å². The van der Waals surface area contributed by atoms with Crippen LogP contribution in [-0.2, 0) is 0 Å². The highest BCUT2D eigenvalue weighted by atomic mass is 16.5. The van der Waals surface area contributed by atoms with Gasteiger partial charge in [-0.05, 0) is 84.0 Å². The Hall–Kier alpha value is -2.12. The Balaban J connectivity index is 1.20. The largest absolute Gasteiger partial charge is 0.474 e. The number of hydrogen-bond donors (Lipinski definition) is 0. The number of imidazole rings is 1. The standard InChI is InChI=1S/C25H37N5O2/c1-27-13-4-14-28(16-15-27)20-7-9-21(10-8-20)29-17-18-30(25(29)31)22-11-12-24(26-19-22)32-23-5-2-3-6-23/h11-12,17-21,23H,2-10,13-16H2,1H3/t20-,21-. The fraction of sp³-hybridized carbons (Fsp3) is 0.680. The summed E-state index contributed by atoms with van der Waals surface area (Å²) >= 11 is 0. The predicted octanol–water partition coefficient (Wildman–Crippen LogP) is 3.48. The van der Waals surface area contributed by atoms with E-state index in [2.05, 4.69) is 21.8 Å². The summed E-state index contributed by atoms with van der Waals surface area (Å²) in [6.07, 6.45) is 16.4. The number of aromatic nitrogens is 3. The first-order valence-corrected chi connectivity index (χ1v) is 12.5. The summed E-state index contributed by atoms with van der Waals surface area (Å²) in [7, 11) is 2.23. The van der Waals surface area contributed by atoms with E-state index in [1.165, 1.54) is 58.3 Å². The lowest BCUT2D eigenvalue weighted by atomic mass is 9.90. The van der Waals surface area contributed by atoms with Gasteiger partial charge in [-0.15, -0.1) is 0 Å². The van der Waals surface area contributed by atoms with Crippen LogP contribution in [0.15, 0.2) is 35.5 Å². The Labute approximate surface area is 191 Å². The topological polar surface area (TPSA) is 55.5 Å². The molecule has 0 bridgehead atoms. The van der Waals surface area contributed by atoms with Gasteiger partial charge in [0.1, 0.15) is 6.10 Å². The van der Waals surface area contributed by atoms with Crippen LogP contribution in [-0.4, -0.2) is 69.3 Å². The molecule has 5 rings (SSSR count). The fourth-order valence-electron chi connectivity index (χ4n) is 5.76. The van der Waals surface area contributed by atoms with E-state index in [9.17, 15) is 4.79 Å². The molecule has 0 spiro atoms. The summed E-state index contributed by atoms with van der Waals surface area (Å²) in [5.41, 5.74) is 0.839. The highest BCUT2D eigenvalue weighted by molar-refractivity contribution is 5.31. The number of ether oxygens (including phenoxy) is 1. The van der Waals surface area contributed by atoms with Crippen LogP contribution in [0.3, 0.4) is 0 Å². The zero-order chi connectivity index (χ0) is 21.9. The summed E-state index contributed by atoms with van der Waals surface area (Å²) in [4.78, 5) is 22.7. The molecule has 7 heteroatoms. The second-order valence-electron chi connectivity index (χ2n) is 9.89. The van der Waals surface area contributed by atoms with Crippen molar-refractivity contribution in [2.24, 2.45) is 0 Å². The molecule has 32 heavy (non-hydrogen) atoms. The van der Waals surface area contributed by atoms with Gasteiger partial charge in [0.25, 0.3) is 0 Å². The van der Waals surface area contributed by atoms with Crippen LogP contribution in [0.2, 0.25) is 0 Å². The molecule has 0 unspecified atom stereocenters. The molecule has 1 aliphatic heterocycles. The van der Waals surface area contributed by atoms with E-state index in [1.807, 2.05) is 29.1 Å². The molecular weight excluding hydrogens is 402 g/mol. The minimum atomic E-state index is 0.0381. The Bertz CT molecular complexity index is 923. The molecule has 3 aliphatic rings. The molecule has 174 valence electrons. The van der Waals surface area contributed by atoms with Crippen LogP contribution in [0.5, 0.6) is 5.88 Å². The molecule has 0 amide bonds. The van der Waals surface area contributed by atoms with Crippen molar-refractivity contribution in [3.05, 3.63) is 41.2 Å². The molecule has 7 nitrogen and oxygen atoms in total. The number of rotatable bonds is 5. The highest BCUT2D eigenvalue weighted by Gasteiger charge is 2.28. The Morgan fingerprint density at radius 1 is 0.875 bits per heavy atom. The van der Waals surface area contributed by atoms with Gasteiger partial charge in [0.05, 0.1) is 11.9 Å². The molecule has 3 heterocycles. The summed E-state index contributed by atoms with van der Waals surface area (Å²) < 4.78 is 9.61. The second-order valence-corrected chi connectivity index (χ2v) is 9.89. The predicted molar refractivity (Wildman–Crippen MR) is 126 cm³/mol. The van der Waals surface area contributed by atoms with E-state index in [4.69, 9.17) is 4.74 Å². The molecule has 0 aromatic carbocycles. The van der Waals surface area contributed by atoms with Crippen LogP contribution in [0, 0.1) is 0 Å². The molecule has 0 radical (unpaired) electrons. The smallest absolute Gasteiger partial charge is 0.333 e. The molecule has 2 saturated carbocycles. The molecule has 2 aliphatic carbocycles. The normalized spacial score (nSPS) is 26.3. The van der Waals surface area contributed by atoms with Crippen molar-refractivity contribution in [2.75, 3.05) is 33.2 Å². The van der Waals surface area contributed by atoms with E-state index in [0.29, 0.717) is 24.1 Å². The van der Waals surface area contributed by atoms with Gasteiger partial charge in [-0.2, -0.15) is 0 Å². The second kappa shape index (κ2) is 9.79. The van der Waals surface area contributed by atoms with E-state index in [1.54, 1.807) is 10.8 Å². The molecular formula is C25H37N5O2. The summed E-state index contributed by atoms with van der Waals surface area (Å²) in [6, 6.07) is 4.80. The Morgan fingerprint density at radius 2 is 1.66 bits per heavy atom. The lowest BCUT2D eigenvalue weighted by Crippen LogP contribution is -2.41. The average molecular weight is 440 g/mol. The van der Waals surface area contributed by atoms with Gasteiger partial charge in [-0.25, -0.2) is 9.78 Å². The van der Waals surface area contributed by atoms with E-state index in [0.717, 1.165) is 31.4 Å². The summed E-state index contributed by atoms with van der Waals surface area (Å²) in [6.45, 7) is 4.76. The molecule has 3 fully saturated rings. The van der Waals surface area contributed by atoms with Gasteiger partial charge < -0.3 is 9.64 Å². The van der Waals surface area contributed by atoms with Gasteiger partial charge in [0, 0.05) is 43.6 Å². The van der Waals surface area contributed by atoms with Crippen LogP contribution in [0.25, 0.3) is 5.69 Å². The molecule has 0 N–H and O–H groups in total. The van der Waals surface area contributed by atoms with Crippen molar-refractivity contribution in [1.82, 2.24) is 23.9 Å². The van der Waals surface area contributed by atoms with Gasteiger partial charge >= 0.3 is 5.69 Å². The van der Waals surface area contributed by atoms with Crippen molar-refractivity contribution in [1.29, 1.82) is 0 Å². The third kappa shape index (κ3) is 4.79. The first-order valence-electron chi connectivity index (χ1n) is 12.5. The van der Waals surface area contributed by atoms with Crippen molar-refractivity contribution in [3.8, 4) is 11.6 Å². The number of nitrogens with zero attached hydrogens (tertiary/aromatic N) is 5. The fourth-order valence-corrected chi connectivity index (χ4v) is 5.76. The van der Waals surface area contributed by atoms with Gasteiger partial charge in [0.15, 0.2) is 0 Å². The first-order chi connectivity index (χ1) is 15.7. The van der Waals surface area contributed by atoms with Gasteiger partial charge in [0.2, 0.25) is 5.88 Å². The minimum Gasteiger partial charge on any atom is -0.474 e. The molecule has 0 atom stereocenters. The van der Waals surface area contributed by atoms with Crippen LogP contribution >= 0.6 is 0 Å². The minimum absolute atomic E-state index is 0.0381. The Morgan fingerprint density at radius 3 is 2.41 bits per heavy atom. The van der Waals surface area contributed by atoms with Crippen LogP contribution in [0.1, 0.15) is 63.8 Å². The molecule has 1 saturated heterocycles. The quantitative estimate of drug-likeness (QED) is 0.714. The number of hydrogen-bond acceptors (Lipinski definition) is 5. The third-order valence-corrected chi connectivity index (χ3v) is 7.72. The lowest BCUT2D eigenvalue weighted by Gasteiger charge is -2.36. The SMILES string of the molecule is CN1CCCN([C@H]2CC[C@H](n3ccn(-c4ccc(OC5CCCC5)nc4)c3=O)CC2)CC1. The third-order valence-electron chi connectivity index (χ3n) is 7.72. The van der Waals surface area contributed by atoms with E-state index < -0.39 is 0 Å². The highest BCUT2D eigenvalue weighted by Crippen LogP contribution is 2.31. The van der Waals surface area contributed by atoms with Gasteiger partial charge in [-0.3, -0.25) is 14.0 Å². The monoisotopic (exact) mass is 439 g/mol. The van der Waals surface area contributed by atoms with Crippen molar-refractivity contribution >= 4 is 0 Å². The lowest BCUT2D eigenvalue weighted by molar-refractivity contribution is 0.141. The molecule has 2 aromatic rings. The van der Waals surface area contributed by atoms with Crippen molar-refractivity contribution < 1.29 is 4.74 Å². The number of likely N-dealkylation sites (N-methyl/N-ethyl adjacent to an activating group) is 1. The molecule has 2 aromatic heterocycles. The average Bonchev–Trinajstić information content (AvgIpc) is 3.41.